The highest BCUT2D eigenvalue weighted by Crippen LogP contribution is 2.22. The van der Waals surface area contributed by atoms with Crippen molar-refractivity contribution in [3.63, 3.8) is 0 Å². The Hall–Kier alpha value is -0.240. The largest absolute Gasteiger partial charge is 0.294 e. The molecule has 0 bridgehead atoms. The molecule has 1 nitrogen and oxygen atoms in total. The van der Waals surface area contributed by atoms with Crippen molar-refractivity contribution < 1.29 is 4.79 Å². The predicted octanol–water partition coefficient (Wildman–Crippen LogP) is 5.37. The van der Waals surface area contributed by atoms with Crippen LogP contribution in [-0.2, 0) is 0 Å². The standard InChI is InChI=1S/C13H15Cl3O/c14-8-4-2-1-3-5-13(17)11-7-6-10(15)9-12(11)16/h6-7,9H,1-5,8H2. The molecule has 0 fully saturated rings. The summed E-state index contributed by atoms with van der Waals surface area (Å²) in [6, 6.07) is 4.98. The topological polar surface area (TPSA) is 17.1 Å². The van der Waals surface area contributed by atoms with Crippen LogP contribution in [0.2, 0.25) is 10.0 Å². The first-order valence-corrected chi connectivity index (χ1v) is 6.98. The number of carbonyl (C=O) groups excluding carboxylic acids is 1. The van der Waals surface area contributed by atoms with E-state index in [9.17, 15) is 4.79 Å². The van der Waals surface area contributed by atoms with Gasteiger partial charge in [0.25, 0.3) is 0 Å². The predicted molar refractivity (Wildman–Crippen MR) is 74.6 cm³/mol. The van der Waals surface area contributed by atoms with Crippen LogP contribution in [0.3, 0.4) is 0 Å². The summed E-state index contributed by atoms with van der Waals surface area (Å²) in [7, 11) is 0. The molecule has 0 spiro atoms. The Balaban J connectivity index is 2.42. The molecule has 1 aromatic rings. The van der Waals surface area contributed by atoms with E-state index in [2.05, 4.69) is 0 Å². The molecular formula is C13H15Cl3O. The van der Waals surface area contributed by atoms with Gasteiger partial charge >= 0.3 is 0 Å². The molecule has 1 aromatic carbocycles. The van der Waals surface area contributed by atoms with E-state index in [-0.39, 0.29) is 5.78 Å². The van der Waals surface area contributed by atoms with Crippen LogP contribution in [0.5, 0.6) is 0 Å². The monoisotopic (exact) mass is 292 g/mol. The molecule has 0 saturated heterocycles. The van der Waals surface area contributed by atoms with Crippen LogP contribution < -0.4 is 0 Å². The number of hydrogen-bond donors (Lipinski definition) is 0. The fourth-order valence-corrected chi connectivity index (χ4v) is 2.29. The minimum absolute atomic E-state index is 0.0811. The molecule has 1 rings (SSSR count). The van der Waals surface area contributed by atoms with Gasteiger partial charge in [-0.1, -0.05) is 36.0 Å². The third-order valence-electron chi connectivity index (χ3n) is 2.52. The average molecular weight is 294 g/mol. The Bertz CT molecular complexity index is 377. The van der Waals surface area contributed by atoms with Gasteiger partial charge in [0.2, 0.25) is 0 Å². The SMILES string of the molecule is O=C(CCCCCCCl)c1ccc(Cl)cc1Cl. The molecule has 17 heavy (non-hydrogen) atoms. The fraction of sp³-hybridized carbons (Fsp3) is 0.462. The first-order valence-electron chi connectivity index (χ1n) is 5.69. The van der Waals surface area contributed by atoms with Gasteiger partial charge in [0.1, 0.15) is 0 Å². The Kier molecular flexibility index (Phi) is 6.94. The number of hydrogen-bond acceptors (Lipinski definition) is 1. The second-order valence-corrected chi connectivity index (χ2v) is 5.12. The number of unbranched alkanes of at least 4 members (excludes halogenated alkanes) is 3. The molecule has 0 radical (unpaired) electrons. The van der Waals surface area contributed by atoms with Gasteiger partial charge in [-0.2, -0.15) is 0 Å². The maximum absolute atomic E-state index is 11.9. The lowest BCUT2D eigenvalue weighted by Crippen LogP contribution is -1.99. The minimum Gasteiger partial charge on any atom is -0.294 e. The highest BCUT2D eigenvalue weighted by Gasteiger charge is 2.10. The molecule has 94 valence electrons. The highest BCUT2D eigenvalue weighted by atomic mass is 35.5. The van der Waals surface area contributed by atoms with Crippen LogP contribution in [-0.4, -0.2) is 11.7 Å². The summed E-state index contributed by atoms with van der Waals surface area (Å²) < 4.78 is 0. The summed E-state index contributed by atoms with van der Waals surface area (Å²) in [5, 5.41) is 0.983. The van der Waals surface area contributed by atoms with Crippen molar-refractivity contribution in [3.05, 3.63) is 33.8 Å². The number of benzene rings is 1. The second kappa shape index (κ2) is 7.97. The Labute approximate surface area is 117 Å². The summed E-state index contributed by atoms with van der Waals surface area (Å²) in [4.78, 5) is 11.9. The summed E-state index contributed by atoms with van der Waals surface area (Å²) >= 11 is 17.3. The van der Waals surface area contributed by atoms with Crippen molar-refractivity contribution in [2.45, 2.75) is 32.1 Å². The van der Waals surface area contributed by atoms with Crippen LogP contribution in [0.25, 0.3) is 0 Å². The molecule has 0 aromatic heterocycles. The molecule has 4 heteroatoms. The molecule has 0 amide bonds. The summed E-state index contributed by atoms with van der Waals surface area (Å²) in [6.07, 6.45) is 4.53. The van der Waals surface area contributed by atoms with Crippen LogP contribution >= 0.6 is 34.8 Å². The molecule has 0 unspecified atom stereocenters. The maximum Gasteiger partial charge on any atom is 0.164 e. The minimum atomic E-state index is 0.0811. The van der Waals surface area contributed by atoms with Crippen molar-refractivity contribution in [2.24, 2.45) is 0 Å². The van der Waals surface area contributed by atoms with E-state index in [0.717, 1.165) is 25.7 Å². The van der Waals surface area contributed by atoms with E-state index in [1.54, 1.807) is 18.2 Å². The summed E-state index contributed by atoms with van der Waals surface area (Å²) in [5.41, 5.74) is 0.563. The maximum atomic E-state index is 11.9. The van der Waals surface area contributed by atoms with Gasteiger partial charge in [-0.15, -0.1) is 11.6 Å². The normalized spacial score (nSPS) is 10.5. The fourth-order valence-electron chi connectivity index (χ4n) is 1.58. The Morgan fingerprint density at radius 3 is 2.41 bits per heavy atom. The smallest absolute Gasteiger partial charge is 0.164 e. The number of ketones is 1. The zero-order chi connectivity index (χ0) is 12.7. The number of alkyl halides is 1. The molecule has 0 aliphatic rings. The summed E-state index contributed by atoms with van der Waals surface area (Å²) in [5.74, 6) is 0.772. The zero-order valence-electron chi connectivity index (χ0n) is 9.52. The van der Waals surface area contributed by atoms with Crippen molar-refractivity contribution in [1.29, 1.82) is 0 Å². The molecule has 0 N–H and O–H groups in total. The number of rotatable bonds is 7. The highest BCUT2D eigenvalue weighted by molar-refractivity contribution is 6.36. The van der Waals surface area contributed by atoms with E-state index < -0.39 is 0 Å². The second-order valence-electron chi connectivity index (χ2n) is 3.90. The average Bonchev–Trinajstić information content (AvgIpc) is 2.28. The first kappa shape index (κ1) is 14.8. The molecular weight excluding hydrogens is 279 g/mol. The van der Waals surface area contributed by atoms with Gasteiger partial charge in [-0.05, 0) is 31.0 Å². The van der Waals surface area contributed by atoms with Crippen LogP contribution in [0.1, 0.15) is 42.5 Å². The van der Waals surface area contributed by atoms with E-state index in [0.29, 0.717) is 27.9 Å². The molecule has 0 aliphatic heterocycles. The van der Waals surface area contributed by atoms with E-state index >= 15 is 0 Å². The van der Waals surface area contributed by atoms with Gasteiger partial charge in [-0.25, -0.2) is 0 Å². The number of halogens is 3. The molecule has 0 atom stereocenters. The lowest BCUT2D eigenvalue weighted by atomic mass is 10.0. The van der Waals surface area contributed by atoms with E-state index in [1.165, 1.54) is 0 Å². The van der Waals surface area contributed by atoms with Crippen molar-refractivity contribution in [2.75, 3.05) is 5.88 Å². The Morgan fingerprint density at radius 1 is 1.06 bits per heavy atom. The van der Waals surface area contributed by atoms with Crippen LogP contribution in [0.4, 0.5) is 0 Å². The van der Waals surface area contributed by atoms with Gasteiger partial charge in [0.15, 0.2) is 5.78 Å². The molecule has 0 aliphatic carbocycles. The Morgan fingerprint density at radius 2 is 1.76 bits per heavy atom. The van der Waals surface area contributed by atoms with Gasteiger partial charge in [0.05, 0.1) is 5.02 Å². The lowest BCUT2D eigenvalue weighted by molar-refractivity contribution is 0.0979. The van der Waals surface area contributed by atoms with E-state index in [1.807, 2.05) is 0 Å². The molecule has 0 heterocycles. The van der Waals surface area contributed by atoms with E-state index in [4.69, 9.17) is 34.8 Å². The van der Waals surface area contributed by atoms with Crippen molar-refractivity contribution in [3.8, 4) is 0 Å². The van der Waals surface area contributed by atoms with Crippen molar-refractivity contribution >= 4 is 40.6 Å². The van der Waals surface area contributed by atoms with Crippen LogP contribution in [0.15, 0.2) is 18.2 Å². The summed E-state index contributed by atoms with van der Waals surface area (Å²) in [6.45, 7) is 0. The lowest BCUT2D eigenvalue weighted by Gasteiger charge is -2.04. The third kappa shape index (κ3) is 5.29. The van der Waals surface area contributed by atoms with Crippen molar-refractivity contribution in [1.82, 2.24) is 0 Å². The quantitative estimate of drug-likeness (QED) is 0.375. The third-order valence-corrected chi connectivity index (χ3v) is 3.33. The molecule has 0 saturated carbocycles. The van der Waals surface area contributed by atoms with Gasteiger partial charge in [-0.3, -0.25) is 4.79 Å². The zero-order valence-corrected chi connectivity index (χ0v) is 11.8. The number of Topliss-reactive ketones (excluding diaryl/α,β-unsaturated/α-hetero) is 1. The van der Waals surface area contributed by atoms with Gasteiger partial charge < -0.3 is 0 Å². The van der Waals surface area contributed by atoms with Gasteiger partial charge in [0, 0.05) is 22.9 Å². The number of carbonyl (C=O) groups is 1. The van der Waals surface area contributed by atoms with Crippen LogP contribution in [0, 0.1) is 0 Å². The first-order chi connectivity index (χ1) is 8.15.